The zero-order valence-electron chi connectivity index (χ0n) is 28.2. The summed E-state index contributed by atoms with van der Waals surface area (Å²) in [7, 11) is 0. The third kappa shape index (κ3) is 3.51. The number of nitrogens with zero attached hydrogens (tertiary/aromatic N) is 3. The van der Waals surface area contributed by atoms with E-state index in [9.17, 15) is 0 Å². The lowest BCUT2D eigenvalue weighted by Gasteiger charge is -2.44. The van der Waals surface area contributed by atoms with Gasteiger partial charge in [0.1, 0.15) is 0 Å². The van der Waals surface area contributed by atoms with Gasteiger partial charge in [-0.25, -0.2) is 0 Å². The van der Waals surface area contributed by atoms with Crippen LogP contribution in [0, 0.1) is 0 Å². The lowest BCUT2D eigenvalue weighted by atomic mass is 9.43. The summed E-state index contributed by atoms with van der Waals surface area (Å²) in [5.74, 6) is 0. The Bertz CT molecular complexity index is 3080. The third-order valence-corrected chi connectivity index (χ3v) is 11.5. The maximum atomic E-state index is 2.69. The molecule has 240 valence electrons. The van der Waals surface area contributed by atoms with Crippen LogP contribution < -0.4 is 15.7 Å². The predicted molar refractivity (Wildman–Crippen MR) is 220 cm³/mol. The number of hydrogen-bond donors (Lipinski definition) is 0. The molecule has 2 aliphatic rings. The van der Waals surface area contributed by atoms with Gasteiger partial charge in [-0.05, 0) is 64.5 Å². The molecule has 8 aromatic carbocycles. The van der Waals surface area contributed by atoms with Crippen molar-refractivity contribution >= 4 is 72.8 Å². The Morgan fingerprint density at radius 3 is 1.48 bits per heavy atom. The van der Waals surface area contributed by atoms with Gasteiger partial charge < -0.3 is 13.9 Å². The van der Waals surface area contributed by atoms with Crippen LogP contribution in [0.15, 0.2) is 182 Å². The molecule has 0 amide bonds. The van der Waals surface area contributed by atoms with E-state index in [1.54, 1.807) is 0 Å². The van der Waals surface area contributed by atoms with E-state index >= 15 is 0 Å². The van der Waals surface area contributed by atoms with Crippen molar-refractivity contribution in [3.63, 3.8) is 0 Å². The van der Waals surface area contributed by atoms with E-state index in [1.807, 2.05) is 0 Å². The molecule has 52 heavy (non-hydrogen) atoms. The average molecular weight is 660 g/mol. The Balaban J connectivity index is 1.41. The zero-order chi connectivity index (χ0) is 33.9. The summed E-state index contributed by atoms with van der Waals surface area (Å²) >= 11 is 0. The van der Waals surface area contributed by atoms with Gasteiger partial charge in [0.15, 0.2) is 0 Å². The maximum absolute atomic E-state index is 2.69. The fourth-order valence-corrected chi connectivity index (χ4v) is 9.55. The highest BCUT2D eigenvalue weighted by Crippen LogP contribution is 2.56. The van der Waals surface area contributed by atoms with Crippen LogP contribution in [-0.4, -0.2) is 16.0 Å². The fourth-order valence-electron chi connectivity index (χ4n) is 9.55. The van der Waals surface area contributed by atoms with Crippen molar-refractivity contribution in [2.75, 3.05) is 4.81 Å². The topological polar surface area (TPSA) is 13.1 Å². The highest BCUT2D eigenvalue weighted by molar-refractivity contribution is 6.93. The summed E-state index contributed by atoms with van der Waals surface area (Å²) in [5, 5.41) is 5.06. The molecule has 0 fully saturated rings. The molecule has 0 bridgehead atoms. The highest BCUT2D eigenvalue weighted by atomic mass is 15.1. The molecule has 0 saturated carbocycles. The first-order valence-corrected chi connectivity index (χ1v) is 18.1. The summed E-state index contributed by atoms with van der Waals surface area (Å²) in [4.78, 5) is 2.69. The number of para-hydroxylation sites is 5. The third-order valence-electron chi connectivity index (χ3n) is 11.5. The van der Waals surface area contributed by atoms with Crippen LogP contribution in [0.4, 0.5) is 11.4 Å². The number of rotatable bonds is 2. The van der Waals surface area contributed by atoms with Crippen molar-refractivity contribution in [2.45, 2.75) is 0 Å². The molecular formula is C48H30BN3. The normalized spacial score (nSPS) is 12.9. The molecular weight excluding hydrogens is 629 g/mol. The highest BCUT2D eigenvalue weighted by Gasteiger charge is 2.45. The van der Waals surface area contributed by atoms with Crippen LogP contribution in [0.5, 0.6) is 0 Å². The monoisotopic (exact) mass is 659 g/mol. The Labute approximate surface area is 301 Å². The molecule has 4 heteroatoms. The van der Waals surface area contributed by atoms with Gasteiger partial charge in [0.25, 0.3) is 0 Å². The second-order valence-electron chi connectivity index (χ2n) is 14.0. The molecule has 0 radical (unpaired) electrons. The van der Waals surface area contributed by atoms with Crippen LogP contribution in [0.2, 0.25) is 0 Å². The van der Waals surface area contributed by atoms with Crippen molar-refractivity contribution in [3.05, 3.63) is 182 Å². The van der Waals surface area contributed by atoms with E-state index in [1.165, 1.54) is 88.2 Å². The van der Waals surface area contributed by atoms with E-state index < -0.39 is 0 Å². The number of anilines is 2. The molecule has 0 atom stereocenters. The van der Waals surface area contributed by atoms with Crippen LogP contribution >= 0.6 is 0 Å². The molecule has 0 unspecified atom stereocenters. The van der Waals surface area contributed by atoms with Gasteiger partial charge >= 0.3 is 6.85 Å². The number of benzene rings is 8. The molecule has 2 aliphatic heterocycles. The van der Waals surface area contributed by atoms with Crippen molar-refractivity contribution in [2.24, 2.45) is 0 Å². The average Bonchev–Trinajstić information content (AvgIpc) is 3.75. The van der Waals surface area contributed by atoms with Crippen molar-refractivity contribution in [1.29, 1.82) is 0 Å². The van der Waals surface area contributed by atoms with Gasteiger partial charge in [-0.2, -0.15) is 0 Å². The first-order valence-electron chi connectivity index (χ1n) is 18.1. The molecule has 0 aliphatic carbocycles. The Morgan fingerprint density at radius 2 is 0.827 bits per heavy atom. The smallest absolute Gasteiger partial charge is 0.329 e. The first-order chi connectivity index (χ1) is 25.9. The molecule has 0 N–H and O–H groups in total. The van der Waals surface area contributed by atoms with E-state index in [4.69, 9.17) is 0 Å². The first kappa shape index (κ1) is 28.0. The van der Waals surface area contributed by atoms with Crippen LogP contribution in [-0.2, 0) is 0 Å². The van der Waals surface area contributed by atoms with E-state index in [0.717, 1.165) is 11.4 Å². The number of hydrogen-bond acceptors (Lipinski definition) is 1. The second kappa shape index (κ2) is 10.4. The Morgan fingerprint density at radius 1 is 0.365 bits per heavy atom. The van der Waals surface area contributed by atoms with Crippen molar-refractivity contribution in [1.82, 2.24) is 9.13 Å². The lowest BCUT2D eigenvalue weighted by molar-refractivity contribution is 1.15. The Hall–Kier alpha value is -6.78. The number of aromatic nitrogens is 2. The summed E-state index contributed by atoms with van der Waals surface area (Å²) in [6.45, 7) is 0.0109. The molecule has 2 aromatic heterocycles. The van der Waals surface area contributed by atoms with Gasteiger partial charge in [-0.3, -0.25) is 0 Å². The maximum Gasteiger partial charge on any atom is 0.329 e. The van der Waals surface area contributed by atoms with Crippen molar-refractivity contribution < 1.29 is 0 Å². The van der Waals surface area contributed by atoms with Crippen LogP contribution in [0.3, 0.4) is 0 Å². The Kier molecular flexibility index (Phi) is 5.58. The summed E-state index contributed by atoms with van der Waals surface area (Å²) < 4.78 is 5.03. The van der Waals surface area contributed by atoms with Crippen LogP contribution in [0.1, 0.15) is 0 Å². The van der Waals surface area contributed by atoms with E-state index in [-0.39, 0.29) is 6.85 Å². The minimum atomic E-state index is 0.0109. The second-order valence-corrected chi connectivity index (χ2v) is 14.0. The van der Waals surface area contributed by atoms with Gasteiger partial charge in [0.2, 0.25) is 0 Å². The number of fused-ring (bicyclic) bond motifs is 20. The summed E-state index contributed by atoms with van der Waals surface area (Å²) in [6.07, 6.45) is 0. The molecule has 12 rings (SSSR count). The van der Waals surface area contributed by atoms with Gasteiger partial charge in [-0.1, -0.05) is 140 Å². The van der Waals surface area contributed by atoms with E-state index in [0.29, 0.717) is 0 Å². The van der Waals surface area contributed by atoms with Crippen LogP contribution in [0.25, 0.3) is 77.2 Å². The lowest BCUT2D eigenvalue weighted by Crippen LogP contribution is -2.59. The summed E-state index contributed by atoms with van der Waals surface area (Å²) in [5.41, 5.74) is 17.5. The molecule has 4 heterocycles. The summed E-state index contributed by atoms with van der Waals surface area (Å²) in [6, 6.07) is 67.0. The minimum absolute atomic E-state index is 0.0109. The van der Waals surface area contributed by atoms with Gasteiger partial charge in [0.05, 0.1) is 22.1 Å². The van der Waals surface area contributed by atoms with E-state index in [2.05, 4.69) is 196 Å². The molecule has 10 aromatic rings. The largest absolute Gasteiger partial charge is 0.375 e. The zero-order valence-corrected chi connectivity index (χ0v) is 28.2. The standard InChI is InChI=1S/C48H30BN3/c1-3-17-31(18-4-1)50-40-28-14-10-24-36(40)44-43-35-23-8-13-27-39(35)49-38-26-12-7-21-33(38)34-22-9-16-30-42(34)52(49)46(43)45-37-25-11-15-29-41(37)51(48(45)47(44)50)32-19-5-2-6-20-32/h1-30H. The van der Waals surface area contributed by atoms with Crippen molar-refractivity contribution in [3.8, 4) is 33.6 Å². The molecule has 0 spiro atoms. The SMILES string of the molecule is c1ccc(-n2c3ccccc3c3c4c(c5c6ccccc6n(-c6ccccc6)c5c32)N2B(c3ccccc3-c3ccccc32)c2ccccc2-4)cc1. The van der Waals surface area contributed by atoms with Gasteiger partial charge in [0, 0.05) is 55.4 Å². The predicted octanol–water partition coefficient (Wildman–Crippen LogP) is 10.8. The van der Waals surface area contributed by atoms with Gasteiger partial charge in [-0.15, -0.1) is 0 Å². The minimum Gasteiger partial charge on any atom is -0.375 e. The quantitative estimate of drug-likeness (QED) is 0.168. The molecule has 0 saturated heterocycles. The fraction of sp³-hybridized carbons (Fsp3) is 0. The molecule has 3 nitrogen and oxygen atoms in total.